The first kappa shape index (κ1) is 18.0. The van der Waals surface area contributed by atoms with Crippen LogP contribution in [0.25, 0.3) is 0 Å². The van der Waals surface area contributed by atoms with E-state index in [1.807, 2.05) is 12.1 Å². The van der Waals surface area contributed by atoms with Crippen LogP contribution in [0, 0.1) is 5.92 Å². The summed E-state index contributed by atoms with van der Waals surface area (Å²) in [5.74, 6) is -0.323. The van der Waals surface area contributed by atoms with Crippen LogP contribution in [0.3, 0.4) is 0 Å². The maximum absolute atomic E-state index is 12.0. The van der Waals surface area contributed by atoms with Crippen molar-refractivity contribution in [3.05, 3.63) is 54.1 Å². The van der Waals surface area contributed by atoms with Gasteiger partial charge in [0.1, 0.15) is 11.5 Å². The van der Waals surface area contributed by atoms with Crippen LogP contribution in [0.5, 0.6) is 11.5 Å². The number of aliphatic carboxylic acids is 1. The summed E-state index contributed by atoms with van der Waals surface area (Å²) in [4.78, 5) is 24.6. The van der Waals surface area contributed by atoms with Crippen molar-refractivity contribution in [2.24, 2.45) is 5.92 Å². The van der Waals surface area contributed by atoms with Crippen LogP contribution in [-0.2, 0) is 15.0 Å². The third-order valence-corrected chi connectivity index (χ3v) is 4.58. The molecule has 1 aliphatic heterocycles. The van der Waals surface area contributed by atoms with Crippen molar-refractivity contribution >= 4 is 17.6 Å². The average Bonchev–Trinajstić information content (AvgIpc) is 2.97. The number of nitrogens with zero attached hydrogens (tertiary/aromatic N) is 1. The van der Waals surface area contributed by atoms with E-state index < -0.39 is 11.9 Å². The summed E-state index contributed by atoms with van der Waals surface area (Å²) in [5, 5.41) is 9.07. The van der Waals surface area contributed by atoms with Gasteiger partial charge in [0.05, 0.1) is 5.92 Å². The number of amides is 1. The highest BCUT2D eigenvalue weighted by Crippen LogP contribution is 2.30. The summed E-state index contributed by atoms with van der Waals surface area (Å²) in [6.45, 7) is 6.70. The fourth-order valence-corrected chi connectivity index (χ4v) is 2.98. The first-order valence-corrected chi connectivity index (χ1v) is 8.66. The van der Waals surface area contributed by atoms with E-state index in [1.165, 1.54) is 10.5 Å². The summed E-state index contributed by atoms with van der Waals surface area (Å²) in [6, 6.07) is 15.1. The van der Waals surface area contributed by atoms with Crippen LogP contribution in [0.4, 0.5) is 5.69 Å². The number of hydrogen-bond acceptors (Lipinski definition) is 3. The minimum atomic E-state index is -0.931. The van der Waals surface area contributed by atoms with Crippen molar-refractivity contribution in [3.8, 4) is 11.5 Å². The van der Waals surface area contributed by atoms with Crippen LogP contribution in [0.15, 0.2) is 48.5 Å². The number of anilines is 1. The van der Waals surface area contributed by atoms with Crippen LogP contribution in [0.1, 0.15) is 32.8 Å². The van der Waals surface area contributed by atoms with Gasteiger partial charge in [-0.1, -0.05) is 32.9 Å². The summed E-state index contributed by atoms with van der Waals surface area (Å²) in [6.07, 6.45) is 0.0493. The quantitative estimate of drug-likeness (QED) is 0.894. The standard InChI is InChI=1S/C21H23NO4/c1-21(2,3)15-4-8-17(9-5-15)26-18-10-6-16(7-11-18)22-13-14(20(24)25)12-19(22)23/h4-11,14H,12-13H2,1-3H3,(H,24,25)/t14-/m1/s1. The predicted octanol–water partition coefficient (Wildman–Crippen LogP) is 4.21. The second-order valence-corrected chi connectivity index (χ2v) is 7.61. The van der Waals surface area contributed by atoms with Crippen molar-refractivity contribution in [2.45, 2.75) is 32.6 Å². The van der Waals surface area contributed by atoms with Gasteiger partial charge < -0.3 is 14.7 Å². The van der Waals surface area contributed by atoms with Crippen molar-refractivity contribution in [3.63, 3.8) is 0 Å². The first-order valence-electron chi connectivity index (χ1n) is 8.66. The van der Waals surface area contributed by atoms with E-state index in [0.717, 1.165) is 5.75 Å². The highest BCUT2D eigenvalue weighted by molar-refractivity contribution is 5.99. The number of ether oxygens (including phenoxy) is 1. The Kier molecular flexibility index (Phi) is 4.72. The summed E-state index contributed by atoms with van der Waals surface area (Å²) < 4.78 is 5.85. The molecule has 0 saturated carbocycles. The van der Waals surface area contributed by atoms with Crippen LogP contribution < -0.4 is 9.64 Å². The van der Waals surface area contributed by atoms with Gasteiger partial charge in [-0.15, -0.1) is 0 Å². The predicted molar refractivity (Wildman–Crippen MR) is 99.8 cm³/mol. The highest BCUT2D eigenvalue weighted by atomic mass is 16.5. The SMILES string of the molecule is CC(C)(C)c1ccc(Oc2ccc(N3C[C@H](C(=O)O)CC3=O)cc2)cc1. The number of rotatable bonds is 4. The zero-order chi connectivity index (χ0) is 18.9. The zero-order valence-electron chi connectivity index (χ0n) is 15.2. The Balaban J connectivity index is 1.68. The van der Waals surface area contributed by atoms with Gasteiger partial charge in [0.2, 0.25) is 5.91 Å². The number of hydrogen-bond donors (Lipinski definition) is 1. The van der Waals surface area contributed by atoms with Gasteiger partial charge in [0, 0.05) is 18.7 Å². The molecule has 26 heavy (non-hydrogen) atoms. The van der Waals surface area contributed by atoms with Crippen LogP contribution >= 0.6 is 0 Å². The first-order chi connectivity index (χ1) is 12.2. The minimum Gasteiger partial charge on any atom is -0.481 e. The Morgan fingerprint density at radius 2 is 1.58 bits per heavy atom. The van der Waals surface area contributed by atoms with Gasteiger partial charge in [-0.3, -0.25) is 9.59 Å². The highest BCUT2D eigenvalue weighted by Gasteiger charge is 2.34. The molecule has 5 heteroatoms. The van der Waals surface area contributed by atoms with E-state index in [-0.39, 0.29) is 24.3 Å². The molecule has 1 saturated heterocycles. The lowest BCUT2D eigenvalue weighted by Crippen LogP contribution is -2.25. The summed E-state index contributed by atoms with van der Waals surface area (Å²) >= 11 is 0. The number of carboxylic acids is 1. The maximum atomic E-state index is 12.0. The van der Waals surface area contributed by atoms with Gasteiger partial charge in [0.25, 0.3) is 0 Å². The van der Waals surface area contributed by atoms with Gasteiger partial charge in [0.15, 0.2) is 0 Å². The molecule has 0 spiro atoms. The van der Waals surface area contributed by atoms with Crippen molar-refractivity contribution in [1.29, 1.82) is 0 Å². The molecule has 5 nitrogen and oxygen atoms in total. The lowest BCUT2D eigenvalue weighted by molar-refractivity contribution is -0.141. The molecule has 2 aromatic carbocycles. The van der Waals surface area contributed by atoms with E-state index >= 15 is 0 Å². The Labute approximate surface area is 153 Å². The number of carboxylic acid groups (broad SMARTS) is 1. The monoisotopic (exact) mass is 353 g/mol. The van der Waals surface area contributed by atoms with E-state index in [4.69, 9.17) is 9.84 Å². The Morgan fingerprint density at radius 3 is 2.04 bits per heavy atom. The molecule has 0 radical (unpaired) electrons. The smallest absolute Gasteiger partial charge is 0.308 e. The lowest BCUT2D eigenvalue weighted by Gasteiger charge is -2.19. The van der Waals surface area contributed by atoms with Gasteiger partial charge >= 0.3 is 5.97 Å². The number of benzene rings is 2. The normalized spacial score (nSPS) is 17.4. The molecule has 0 unspecified atom stereocenters. The zero-order valence-corrected chi connectivity index (χ0v) is 15.2. The van der Waals surface area contributed by atoms with Gasteiger partial charge in [-0.25, -0.2) is 0 Å². The van der Waals surface area contributed by atoms with E-state index in [2.05, 4.69) is 32.9 Å². The van der Waals surface area contributed by atoms with Gasteiger partial charge in [-0.05, 0) is 47.4 Å². The van der Waals surface area contributed by atoms with E-state index in [0.29, 0.717) is 11.4 Å². The van der Waals surface area contributed by atoms with Crippen molar-refractivity contribution in [1.82, 2.24) is 0 Å². The molecule has 1 atom stereocenters. The van der Waals surface area contributed by atoms with E-state index in [9.17, 15) is 9.59 Å². The fourth-order valence-electron chi connectivity index (χ4n) is 2.98. The molecule has 1 heterocycles. The Bertz CT molecular complexity index is 803. The maximum Gasteiger partial charge on any atom is 0.308 e. The molecular formula is C21H23NO4. The minimum absolute atomic E-state index is 0.0493. The second kappa shape index (κ2) is 6.83. The molecule has 0 aromatic heterocycles. The van der Waals surface area contributed by atoms with Gasteiger partial charge in [-0.2, -0.15) is 0 Å². The molecule has 3 rings (SSSR count). The third kappa shape index (κ3) is 3.87. The molecule has 2 aromatic rings. The molecule has 1 aliphatic rings. The molecular weight excluding hydrogens is 330 g/mol. The molecule has 136 valence electrons. The molecule has 1 fully saturated rings. The van der Waals surface area contributed by atoms with Crippen LogP contribution in [-0.4, -0.2) is 23.5 Å². The fraction of sp³-hybridized carbons (Fsp3) is 0.333. The molecule has 0 aliphatic carbocycles. The molecule has 1 amide bonds. The number of carbonyl (C=O) groups excluding carboxylic acids is 1. The van der Waals surface area contributed by atoms with Crippen molar-refractivity contribution < 1.29 is 19.4 Å². The van der Waals surface area contributed by atoms with E-state index in [1.54, 1.807) is 24.3 Å². The molecule has 0 bridgehead atoms. The second-order valence-electron chi connectivity index (χ2n) is 7.61. The Hall–Kier alpha value is -2.82. The largest absolute Gasteiger partial charge is 0.481 e. The summed E-state index contributed by atoms with van der Waals surface area (Å²) in [7, 11) is 0. The topological polar surface area (TPSA) is 66.8 Å². The average molecular weight is 353 g/mol. The third-order valence-electron chi connectivity index (χ3n) is 4.58. The van der Waals surface area contributed by atoms with Crippen LogP contribution in [0.2, 0.25) is 0 Å². The van der Waals surface area contributed by atoms with Crippen molar-refractivity contribution in [2.75, 3.05) is 11.4 Å². The Morgan fingerprint density at radius 1 is 1.04 bits per heavy atom. The summed E-state index contributed by atoms with van der Waals surface area (Å²) in [5.41, 5.74) is 2.02. The number of carbonyl (C=O) groups is 2. The lowest BCUT2D eigenvalue weighted by atomic mass is 9.87. The molecule has 1 N–H and O–H groups in total.